The molecule has 1 atom stereocenters. The molecule has 0 aromatic heterocycles. The van der Waals surface area contributed by atoms with Gasteiger partial charge in [0.25, 0.3) is 0 Å². The van der Waals surface area contributed by atoms with Gasteiger partial charge in [-0.15, -0.1) is 0 Å². The van der Waals surface area contributed by atoms with Gasteiger partial charge >= 0.3 is 0 Å². The van der Waals surface area contributed by atoms with Crippen molar-refractivity contribution in [1.29, 1.82) is 0 Å². The summed E-state index contributed by atoms with van der Waals surface area (Å²) in [5.74, 6) is 1.01. The Hall–Kier alpha value is -0.0400. The van der Waals surface area contributed by atoms with Crippen molar-refractivity contribution in [3.8, 4) is 0 Å². The third kappa shape index (κ3) is 4.10. The van der Waals surface area contributed by atoms with Crippen LogP contribution in [0.5, 0.6) is 0 Å². The number of unbranched alkanes of at least 4 members (excludes halogenated alkanes) is 3. The lowest BCUT2D eigenvalue weighted by Crippen LogP contribution is -2.28. The third-order valence-electron chi connectivity index (χ3n) is 2.83. The van der Waals surface area contributed by atoms with E-state index in [0.29, 0.717) is 0 Å². The van der Waals surface area contributed by atoms with Gasteiger partial charge in [-0.2, -0.15) is 0 Å². The molecule has 0 bridgehead atoms. The monoisotopic (exact) mass is 169 g/mol. The smallest absolute Gasteiger partial charge is 0.00669 e. The highest BCUT2D eigenvalue weighted by atomic mass is 14.9. The van der Waals surface area contributed by atoms with Crippen LogP contribution in [0.2, 0.25) is 0 Å². The Bertz CT molecular complexity index is 108. The second-order valence-corrected chi connectivity index (χ2v) is 4.14. The van der Waals surface area contributed by atoms with E-state index >= 15 is 0 Å². The molecule has 72 valence electrons. The molecule has 0 aromatic carbocycles. The van der Waals surface area contributed by atoms with E-state index in [1.807, 2.05) is 0 Å². The van der Waals surface area contributed by atoms with Crippen LogP contribution < -0.4 is 5.32 Å². The Labute approximate surface area is 76.9 Å². The van der Waals surface area contributed by atoms with Crippen molar-refractivity contribution in [2.75, 3.05) is 6.54 Å². The molecule has 0 radical (unpaired) electrons. The van der Waals surface area contributed by atoms with E-state index in [9.17, 15) is 0 Å². The lowest BCUT2D eigenvalue weighted by molar-refractivity contribution is 0.480. The molecule has 1 saturated carbocycles. The first-order valence-electron chi connectivity index (χ1n) is 5.58. The largest absolute Gasteiger partial charge is 0.314 e. The zero-order chi connectivity index (χ0) is 8.81. The molecule has 1 fully saturated rings. The Morgan fingerprint density at radius 1 is 1.25 bits per heavy atom. The normalized spacial score (nSPS) is 19.5. The van der Waals surface area contributed by atoms with Gasteiger partial charge < -0.3 is 5.32 Å². The fraction of sp³-hybridized carbons (Fsp3) is 1.00. The zero-order valence-electron chi connectivity index (χ0n) is 8.60. The van der Waals surface area contributed by atoms with Gasteiger partial charge in [0.15, 0.2) is 0 Å². The fourth-order valence-electron chi connectivity index (χ4n) is 1.64. The van der Waals surface area contributed by atoms with Crippen LogP contribution in [0.4, 0.5) is 0 Å². The van der Waals surface area contributed by atoms with Gasteiger partial charge in [0, 0.05) is 6.04 Å². The minimum atomic E-state index is 0.784. The van der Waals surface area contributed by atoms with Crippen LogP contribution in [-0.2, 0) is 0 Å². The summed E-state index contributed by atoms with van der Waals surface area (Å²) in [4.78, 5) is 0. The first-order chi connectivity index (χ1) is 5.84. The Morgan fingerprint density at radius 2 is 2.00 bits per heavy atom. The molecule has 1 unspecified atom stereocenters. The van der Waals surface area contributed by atoms with Crippen LogP contribution in [-0.4, -0.2) is 12.6 Å². The Morgan fingerprint density at radius 3 is 2.58 bits per heavy atom. The van der Waals surface area contributed by atoms with E-state index in [4.69, 9.17) is 0 Å². The molecule has 1 heteroatoms. The highest BCUT2D eigenvalue weighted by molar-refractivity contribution is 4.82. The van der Waals surface area contributed by atoms with Gasteiger partial charge in [-0.3, -0.25) is 0 Å². The fourth-order valence-corrected chi connectivity index (χ4v) is 1.64. The number of hydrogen-bond donors (Lipinski definition) is 1. The summed E-state index contributed by atoms with van der Waals surface area (Å²) in [5, 5.41) is 3.60. The predicted octanol–water partition coefficient (Wildman–Crippen LogP) is 2.95. The molecular formula is C11H23N. The van der Waals surface area contributed by atoms with Crippen LogP contribution in [0.1, 0.15) is 52.4 Å². The van der Waals surface area contributed by atoms with E-state index < -0.39 is 0 Å². The third-order valence-corrected chi connectivity index (χ3v) is 2.83. The van der Waals surface area contributed by atoms with Gasteiger partial charge in [0.05, 0.1) is 0 Å². The topological polar surface area (TPSA) is 12.0 Å². The van der Waals surface area contributed by atoms with Gasteiger partial charge in [-0.1, -0.05) is 26.2 Å². The molecule has 1 rings (SSSR count). The summed E-state index contributed by atoms with van der Waals surface area (Å²) in [5.41, 5.74) is 0. The van der Waals surface area contributed by atoms with Crippen LogP contribution >= 0.6 is 0 Å². The minimum absolute atomic E-state index is 0.784. The van der Waals surface area contributed by atoms with Gasteiger partial charge in [-0.05, 0) is 38.6 Å². The average molecular weight is 169 g/mol. The van der Waals surface area contributed by atoms with Crippen molar-refractivity contribution in [3.63, 3.8) is 0 Å². The van der Waals surface area contributed by atoms with Crippen molar-refractivity contribution < 1.29 is 0 Å². The molecular weight excluding hydrogens is 146 g/mol. The summed E-state index contributed by atoms with van der Waals surface area (Å²) in [7, 11) is 0. The second-order valence-electron chi connectivity index (χ2n) is 4.14. The maximum absolute atomic E-state index is 3.60. The molecule has 0 aliphatic heterocycles. The van der Waals surface area contributed by atoms with Crippen LogP contribution in [0.25, 0.3) is 0 Å². The van der Waals surface area contributed by atoms with Crippen LogP contribution in [0, 0.1) is 5.92 Å². The number of rotatable bonds is 7. The first kappa shape index (κ1) is 10.0. The van der Waals surface area contributed by atoms with Crippen molar-refractivity contribution in [2.24, 2.45) is 5.92 Å². The molecule has 1 aliphatic carbocycles. The molecule has 0 amide bonds. The summed E-state index contributed by atoms with van der Waals surface area (Å²) in [6.45, 7) is 5.83. The standard InChI is InChI=1S/C11H23N/c1-3-4-5-6-9-12-10(2)11-7-8-11/h10-12H,3-9H2,1-2H3. The van der Waals surface area contributed by atoms with E-state index in [1.54, 1.807) is 0 Å². The molecule has 0 heterocycles. The van der Waals surface area contributed by atoms with Crippen LogP contribution in [0.15, 0.2) is 0 Å². The molecule has 1 nitrogen and oxygen atoms in total. The lowest BCUT2D eigenvalue weighted by atomic mass is 10.2. The molecule has 0 saturated heterocycles. The molecule has 1 aliphatic rings. The molecule has 12 heavy (non-hydrogen) atoms. The average Bonchev–Trinajstić information content (AvgIpc) is 2.86. The van der Waals surface area contributed by atoms with Crippen molar-refractivity contribution in [2.45, 2.75) is 58.4 Å². The summed E-state index contributed by atoms with van der Waals surface area (Å²) >= 11 is 0. The van der Waals surface area contributed by atoms with Crippen molar-refractivity contribution >= 4 is 0 Å². The lowest BCUT2D eigenvalue weighted by Gasteiger charge is -2.11. The second kappa shape index (κ2) is 5.58. The Kier molecular flexibility index (Phi) is 4.67. The SMILES string of the molecule is CCCCCCNC(C)C1CC1. The van der Waals surface area contributed by atoms with Gasteiger partial charge in [-0.25, -0.2) is 0 Å². The van der Waals surface area contributed by atoms with Crippen molar-refractivity contribution in [1.82, 2.24) is 5.32 Å². The zero-order valence-corrected chi connectivity index (χ0v) is 8.60. The van der Waals surface area contributed by atoms with Gasteiger partial charge in [0.2, 0.25) is 0 Å². The predicted molar refractivity (Wildman–Crippen MR) is 54.3 cm³/mol. The molecule has 0 aromatic rings. The Balaban J connectivity index is 1.81. The quantitative estimate of drug-likeness (QED) is 0.578. The molecule has 1 N–H and O–H groups in total. The molecule has 0 spiro atoms. The minimum Gasteiger partial charge on any atom is -0.314 e. The summed E-state index contributed by atoms with van der Waals surface area (Å²) < 4.78 is 0. The van der Waals surface area contributed by atoms with Crippen LogP contribution in [0.3, 0.4) is 0 Å². The maximum Gasteiger partial charge on any atom is 0.00669 e. The number of hydrogen-bond acceptors (Lipinski definition) is 1. The first-order valence-corrected chi connectivity index (χ1v) is 5.58. The number of nitrogens with one attached hydrogen (secondary N) is 1. The van der Waals surface area contributed by atoms with E-state index in [0.717, 1.165) is 12.0 Å². The highest BCUT2D eigenvalue weighted by Crippen LogP contribution is 2.32. The highest BCUT2D eigenvalue weighted by Gasteiger charge is 2.26. The summed E-state index contributed by atoms with van der Waals surface area (Å²) in [6, 6.07) is 0.784. The summed E-state index contributed by atoms with van der Waals surface area (Å²) in [6.07, 6.45) is 8.44. The van der Waals surface area contributed by atoms with E-state index in [1.165, 1.54) is 45.1 Å². The van der Waals surface area contributed by atoms with Gasteiger partial charge in [0.1, 0.15) is 0 Å². The maximum atomic E-state index is 3.60. The van der Waals surface area contributed by atoms with Crippen molar-refractivity contribution in [3.05, 3.63) is 0 Å². The van der Waals surface area contributed by atoms with E-state index in [2.05, 4.69) is 19.2 Å². The van der Waals surface area contributed by atoms with E-state index in [-0.39, 0.29) is 0 Å².